The first-order valence-corrected chi connectivity index (χ1v) is 7.70. The van der Waals surface area contributed by atoms with E-state index in [1.807, 2.05) is 0 Å². The number of hydrogen-bond acceptors (Lipinski definition) is 5. The first kappa shape index (κ1) is 15.5. The average molecular weight is 313 g/mol. The third-order valence-corrected chi connectivity index (χ3v) is 4.45. The van der Waals surface area contributed by atoms with Crippen molar-refractivity contribution >= 4 is 10.0 Å². The molecular weight excluding hydrogens is 297 g/mol. The van der Waals surface area contributed by atoms with Crippen LogP contribution in [-0.4, -0.2) is 30.6 Å². The van der Waals surface area contributed by atoms with E-state index in [9.17, 15) is 12.8 Å². The number of rotatable bonds is 6. The molecule has 0 aliphatic carbocycles. The molecule has 0 atom stereocenters. The molecule has 0 saturated carbocycles. The van der Waals surface area contributed by atoms with Gasteiger partial charge in [-0.15, -0.1) is 0 Å². The van der Waals surface area contributed by atoms with Crippen molar-refractivity contribution in [1.29, 1.82) is 0 Å². The molecule has 0 aliphatic heterocycles. The van der Waals surface area contributed by atoms with Gasteiger partial charge in [0, 0.05) is 12.1 Å². The summed E-state index contributed by atoms with van der Waals surface area (Å²) in [7, 11) is -2.13. The SMILES string of the molecule is CNCc1cc(F)c(C)c(S(=O)(=O)NCc2ncn[nH]2)c1. The lowest BCUT2D eigenvalue weighted by Crippen LogP contribution is -2.25. The summed E-state index contributed by atoms with van der Waals surface area (Å²) in [6.45, 7) is 1.77. The Hall–Kier alpha value is -1.84. The molecule has 0 fully saturated rings. The zero-order chi connectivity index (χ0) is 15.5. The van der Waals surface area contributed by atoms with E-state index in [1.165, 1.54) is 25.4 Å². The Balaban J connectivity index is 2.30. The fraction of sp³-hybridized carbons (Fsp3) is 0.333. The van der Waals surface area contributed by atoms with Gasteiger partial charge in [0.25, 0.3) is 0 Å². The summed E-state index contributed by atoms with van der Waals surface area (Å²) in [4.78, 5) is 3.75. The molecule has 0 amide bonds. The van der Waals surface area contributed by atoms with Crippen LogP contribution in [0.15, 0.2) is 23.4 Å². The smallest absolute Gasteiger partial charge is 0.241 e. The largest absolute Gasteiger partial charge is 0.316 e. The van der Waals surface area contributed by atoms with Crippen LogP contribution in [0.2, 0.25) is 0 Å². The Morgan fingerprint density at radius 3 is 2.71 bits per heavy atom. The second-order valence-corrected chi connectivity index (χ2v) is 6.22. The van der Waals surface area contributed by atoms with Gasteiger partial charge in [-0.05, 0) is 31.7 Å². The van der Waals surface area contributed by atoms with Crippen molar-refractivity contribution in [2.24, 2.45) is 0 Å². The van der Waals surface area contributed by atoms with Crippen LogP contribution in [0.5, 0.6) is 0 Å². The number of H-pyrrole nitrogens is 1. The molecule has 0 radical (unpaired) electrons. The van der Waals surface area contributed by atoms with Crippen LogP contribution < -0.4 is 10.0 Å². The molecular formula is C12H16FN5O2S. The summed E-state index contributed by atoms with van der Waals surface area (Å²) in [5, 5.41) is 9.03. The maximum absolute atomic E-state index is 13.9. The van der Waals surface area contributed by atoms with E-state index in [0.717, 1.165) is 0 Å². The highest BCUT2D eigenvalue weighted by Gasteiger charge is 2.20. The fourth-order valence-electron chi connectivity index (χ4n) is 1.85. The maximum atomic E-state index is 13.9. The van der Waals surface area contributed by atoms with Crippen molar-refractivity contribution in [2.45, 2.75) is 24.9 Å². The summed E-state index contributed by atoms with van der Waals surface area (Å²) >= 11 is 0. The zero-order valence-electron chi connectivity index (χ0n) is 11.6. The number of halogens is 1. The average Bonchev–Trinajstić information content (AvgIpc) is 2.94. The molecule has 0 bridgehead atoms. The lowest BCUT2D eigenvalue weighted by Gasteiger charge is -2.11. The van der Waals surface area contributed by atoms with E-state index in [-0.39, 0.29) is 17.0 Å². The molecule has 0 aliphatic rings. The normalized spacial score (nSPS) is 11.8. The van der Waals surface area contributed by atoms with Crippen LogP contribution in [0.1, 0.15) is 17.0 Å². The van der Waals surface area contributed by atoms with Crippen molar-refractivity contribution in [3.05, 3.63) is 41.2 Å². The van der Waals surface area contributed by atoms with E-state index in [2.05, 4.69) is 25.2 Å². The number of benzene rings is 1. The summed E-state index contributed by atoms with van der Waals surface area (Å²) in [6.07, 6.45) is 1.28. The molecule has 2 rings (SSSR count). The van der Waals surface area contributed by atoms with E-state index in [4.69, 9.17) is 0 Å². The number of aromatic nitrogens is 3. The van der Waals surface area contributed by atoms with Crippen LogP contribution in [0.25, 0.3) is 0 Å². The lowest BCUT2D eigenvalue weighted by molar-refractivity contribution is 0.571. The molecule has 114 valence electrons. The molecule has 0 spiro atoms. The first-order valence-electron chi connectivity index (χ1n) is 6.21. The topological polar surface area (TPSA) is 99.8 Å². The van der Waals surface area contributed by atoms with E-state index in [1.54, 1.807) is 7.05 Å². The number of aromatic amines is 1. The van der Waals surface area contributed by atoms with Gasteiger partial charge in [0.1, 0.15) is 18.0 Å². The van der Waals surface area contributed by atoms with Crippen molar-refractivity contribution < 1.29 is 12.8 Å². The van der Waals surface area contributed by atoms with Gasteiger partial charge in [-0.25, -0.2) is 22.5 Å². The molecule has 7 nitrogen and oxygen atoms in total. The van der Waals surface area contributed by atoms with Crippen LogP contribution in [0.3, 0.4) is 0 Å². The molecule has 21 heavy (non-hydrogen) atoms. The minimum Gasteiger partial charge on any atom is -0.316 e. The first-order chi connectivity index (χ1) is 9.94. The quantitative estimate of drug-likeness (QED) is 0.719. The van der Waals surface area contributed by atoms with Gasteiger partial charge >= 0.3 is 0 Å². The molecule has 1 aromatic carbocycles. The van der Waals surface area contributed by atoms with Crippen molar-refractivity contribution in [3.63, 3.8) is 0 Å². The van der Waals surface area contributed by atoms with Gasteiger partial charge in [0.15, 0.2) is 0 Å². The highest BCUT2D eigenvalue weighted by molar-refractivity contribution is 7.89. The van der Waals surface area contributed by atoms with Crippen LogP contribution in [-0.2, 0) is 23.1 Å². The minimum atomic E-state index is -3.84. The maximum Gasteiger partial charge on any atom is 0.241 e. The van der Waals surface area contributed by atoms with Crippen LogP contribution >= 0.6 is 0 Å². The molecule has 0 unspecified atom stereocenters. The van der Waals surface area contributed by atoms with Gasteiger partial charge in [-0.3, -0.25) is 5.10 Å². The van der Waals surface area contributed by atoms with Crippen LogP contribution in [0, 0.1) is 12.7 Å². The van der Waals surface area contributed by atoms with Crippen LogP contribution in [0.4, 0.5) is 4.39 Å². The Morgan fingerprint density at radius 1 is 1.33 bits per heavy atom. The summed E-state index contributed by atoms with van der Waals surface area (Å²) in [6, 6.07) is 2.78. The third-order valence-electron chi connectivity index (χ3n) is 2.92. The van der Waals surface area contributed by atoms with Gasteiger partial charge < -0.3 is 5.32 Å². The Morgan fingerprint density at radius 2 is 2.10 bits per heavy atom. The van der Waals surface area contributed by atoms with Gasteiger partial charge in [-0.2, -0.15) is 5.10 Å². The van der Waals surface area contributed by atoms with Gasteiger partial charge in [-0.1, -0.05) is 0 Å². The molecule has 1 heterocycles. The third kappa shape index (κ3) is 3.63. The van der Waals surface area contributed by atoms with Gasteiger partial charge in [0.05, 0.1) is 11.4 Å². The highest BCUT2D eigenvalue weighted by Crippen LogP contribution is 2.20. The summed E-state index contributed by atoms with van der Waals surface area (Å²) in [5.41, 5.74) is 0.639. The number of nitrogens with zero attached hydrogens (tertiary/aromatic N) is 2. The zero-order valence-corrected chi connectivity index (χ0v) is 12.5. The summed E-state index contributed by atoms with van der Waals surface area (Å²) < 4.78 is 40.8. The monoisotopic (exact) mass is 313 g/mol. The van der Waals surface area contributed by atoms with Crippen molar-refractivity contribution in [2.75, 3.05) is 7.05 Å². The molecule has 0 saturated heterocycles. The van der Waals surface area contributed by atoms with E-state index >= 15 is 0 Å². The molecule has 1 aromatic heterocycles. The predicted molar refractivity (Wildman–Crippen MR) is 74.3 cm³/mol. The minimum absolute atomic E-state index is 0.0420. The predicted octanol–water partition coefficient (Wildman–Crippen LogP) is 0.450. The number of nitrogens with one attached hydrogen (secondary N) is 3. The highest BCUT2D eigenvalue weighted by atomic mass is 32.2. The van der Waals surface area contributed by atoms with E-state index < -0.39 is 15.8 Å². The molecule has 3 N–H and O–H groups in total. The molecule has 9 heteroatoms. The Kier molecular flexibility index (Phi) is 4.66. The second kappa shape index (κ2) is 6.29. The Labute approximate surface area is 122 Å². The second-order valence-electron chi connectivity index (χ2n) is 4.49. The fourth-order valence-corrected chi connectivity index (χ4v) is 3.14. The van der Waals surface area contributed by atoms with Gasteiger partial charge in [0.2, 0.25) is 10.0 Å². The lowest BCUT2D eigenvalue weighted by atomic mass is 10.1. The summed E-state index contributed by atoms with van der Waals surface area (Å²) in [5.74, 6) is -0.175. The van der Waals surface area contributed by atoms with E-state index in [0.29, 0.717) is 17.9 Å². The number of hydrogen-bond donors (Lipinski definition) is 3. The van der Waals surface area contributed by atoms with Crippen molar-refractivity contribution in [1.82, 2.24) is 25.2 Å². The number of sulfonamides is 1. The molecule has 2 aromatic rings. The Bertz CT molecular complexity index is 715. The standard InChI is InChI=1S/C12H16FN5O2S/c1-8-10(13)3-9(5-14-2)4-11(8)21(19,20)17-6-12-15-7-16-18-12/h3-4,7,14,17H,5-6H2,1-2H3,(H,15,16,18). The van der Waals surface area contributed by atoms with Crippen molar-refractivity contribution in [3.8, 4) is 0 Å².